The van der Waals surface area contributed by atoms with Gasteiger partial charge in [-0.15, -0.1) is 0 Å². The number of carbonyl (C=O) groups is 1. The average Bonchev–Trinajstić information content (AvgIpc) is 3.16. The molecule has 5 rings (SSSR count). The predicted molar refractivity (Wildman–Crippen MR) is 117 cm³/mol. The van der Waals surface area contributed by atoms with Gasteiger partial charge in [0, 0.05) is 17.3 Å². The minimum atomic E-state index is -4.91. The summed E-state index contributed by atoms with van der Waals surface area (Å²) in [6.45, 7) is 0. The fourth-order valence-corrected chi connectivity index (χ4v) is 5.52. The van der Waals surface area contributed by atoms with Crippen LogP contribution in [0, 0.1) is 0 Å². The number of sulfonamides is 1. The minimum Gasteiger partial charge on any atom is -0.324 e. The second-order valence-electron chi connectivity index (χ2n) is 8.76. The lowest BCUT2D eigenvalue weighted by Crippen LogP contribution is -2.59. The first-order valence-electron chi connectivity index (χ1n) is 10.8. The zero-order valence-corrected chi connectivity index (χ0v) is 19.0. The van der Waals surface area contributed by atoms with Crippen molar-refractivity contribution in [1.82, 2.24) is 19.6 Å². The number of aromatic nitrogens is 3. The van der Waals surface area contributed by atoms with Crippen LogP contribution in [0.25, 0.3) is 11.0 Å². The highest BCUT2D eigenvalue weighted by Crippen LogP contribution is 2.50. The van der Waals surface area contributed by atoms with Crippen molar-refractivity contribution in [2.24, 2.45) is 5.14 Å². The molecule has 35 heavy (non-hydrogen) atoms. The van der Waals surface area contributed by atoms with E-state index in [1.165, 1.54) is 41.1 Å². The van der Waals surface area contributed by atoms with Gasteiger partial charge in [-0.1, -0.05) is 19.3 Å². The van der Waals surface area contributed by atoms with Crippen molar-refractivity contribution >= 4 is 38.6 Å². The Labute approximate surface area is 197 Å². The molecule has 0 radical (unpaired) electrons. The lowest BCUT2D eigenvalue weighted by molar-refractivity contribution is -0.263. The fourth-order valence-electron chi connectivity index (χ4n) is 5.01. The van der Waals surface area contributed by atoms with E-state index in [2.05, 4.69) is 15.3 Å². The highest BCUT2D eigenvalue weighted by Gasteiger charge is 2.59. The summed E-state index contributed by atoms with van der Waals surface area (Å²) in [7, 11) is -3.88. The maximum atomic E-state index is 13.9. The van der Waals surface area contributed by atoms with E-state index in [4.69, 9.17) is 5.14 Å². The second kappa shape index (κ2) is 7.90. The van der Waals surface area contributed by atoms with E-state index < -0.39 is 33.7 Å². The molecule has 14 heteroatoms. The van der Waals surface area contributed by atoms with E-state index >= 15 is 0 Å². The molecule has 3 heterocycles. The molecule has 1 aliphatic carbocycles. The Morgan fingerprint density at radius 3 is 2.40 bits per heavy atom. The Kier molecular flexibility index (Phi) is 5.30. The molecule has 2 aromatic heterocycles. The first-order valence-corrected chi connectivity index (χ1v) is 12.3. The minimum absolute atomic E-state index is 0.0372. The van der Waals surface area contributed by atoms with Crippen LogP contribution in [-0.4, -0.2) is 45.3 Å². The molecule has 0 saturated heterocycles. The predicted octanol–water partition coefficient (Wildman–Crippen LogP) is 3.32. The molecule has 186 valence electrons. The summed E-state index contributed by atoms with van der Waals surface area (Å²) in [4.78, 5) is 21.7. The number of nitrogens with zero attached hydrogens (tertiary/aromatic N) is 4. The lowest BCUT2D eigenvalue weighted by atomic mass is 9.78. The summed E-state index contributed by atoms with van der Waals surface area (Å²) < 4.78 is 66.1. The molecule has 1 atom stereocenters. The molecule has 10 nitrogen and oxygen atoms in total. The van der Waals surface area contributed by atoms with Crippen LogP contribution in [0.4, 0.5) is 24.8 Å². The molecule has 1 aromatic carbocycles. The number of rotatable bonds is 3. The van der Waals surface area contributed by atoms with E-state index in [1.807, 2.05) is 0 Å². The van der Waals surface area contributed by atoms with Gasteiger partial charge in [0.1, 0.15) is 11.2 Å². The number of halogens is 3. The molecule has 2 aliphatic rings. The smallest absolute Gasteiger partial charge is 0.324 e. The molecule has 1 fully saturated rings. The van der Waals surface area contributed by atoms with E-state index in [0.29, 0.717) is 18.5 Å². The molecule has 1 amide bonds. The zero-order valence-electron chi connectivity index (χ0n) is 18.2. The van der Waals surface area contributed by atoms with Gasteiger partial charge in [0.15, 0.2) is 6.04 Å². The van der Waals surface area contributed by atoms with Gasteiger partial charge in [-0.25, -0.2) is 23.6 Å². The van der Waals surface area contributed by atoms with Crippen LogP contribution in [0.1, 0.15) is 43.8 Å². The zero-order chi connectivity index (χ0) is 25.2. The number of hydroxylamine groups is 2. The number of carbonyl (C=O) groups excluding carboxylic acids is 1. The van der Waals surface area contributed by atoms with Crippen LogP contribution in [-0.2, 0) is 20.4 Å². The van der Waals surface area contributed by atoms with Crippen molar-refractivity contribution in [1.29, 1.82) is 0 Å². The third kappa shape index (κ3) is 3.81. The Morgan fingerprint density at radius 1 is 1.14 bits per heavy atom. The van der Waals surface area contributed by atoms with Crippen molar-refractivity contribution in [3.63, 3.8) is 0 Å². The molecule has 0 bridgehead atoms. The number of alkyl halides is 3. The number of primary sulfonamides is 1. The Morgan fingerprint density at radius 2 is 1.80 bits per heavy atom. The first-order chi connectivity index (χ1) is 16.4. The third-order valence-electron chi connectivity index (χ3n) is 6.56. The number of amides is 1. The van der Waals surface area contributed by atoms with Crippen LogP contribution in [0.3, 0.4) is 0 Å². The molecule has 1 unspecified atom stereocenters. The largest absolute Gasteiger partial charge is 0.417 e. The molecule has 3 aromatic rings. The Hall–Kier alpha value is -3.23. The lowest BCUT2D eigenvalue weighted by Gasteiger charge is -2.46. The van der Waals surface area contributed by atoms with E-state index in [1.54, 1.807) is 0 Å². The number of nitrogens with one attached hydrogen (secondary N) is 1. The van der Waals surface area contributed by atoms with E-state index in [9.17, 15) is 31.6 Å². The van der Waals surface area contributed by atoms with Gasteiger partial charge in [-0.05, 0) is 43.2 Å². The topological polar surface area (TPSA) is 143 Å². The van der Waals surface area contributed by atoms with Crippen molar-refractivity contribution < 1.29 is 31.6 Å². The Balaban J connectivity index is 1.63. The Bertz CT molecular complexity index is 1420. The maximum absolute atomic E-state index is 13.9. The van der Waals surface area contributed by atoms with Crippen molar-refractivity contribution in [2.45, 2.75) is 54.8 Å². The number of benzene rings is 1. The molecule has 4 N–H and O–H groups in total. The third-order valence-corrected chi connectivity index (χ3v) is 7.49. The van der Waals surface area contributed by atoms with Gasteiger partial charge in [0.05, 0.1) is 10.6 Å². The molecular weight excluding hydrogens is 489 g/mol. The second-order valence-corrected chi connectivity index (χ2v) is 10.3. The van der Waals surface area contributed by atoms with Gasteiger partial charge < -0.3 is 9.88 Å². The summed E-state index contributed by atoms with van der Waals surface area (Å²) in [6.07, 6.45) is -0.979. The van der Waals surface area contributed by atoms with E-state index in [0.717, 1.165) is 6.42 Å². The summed E-state index contributed by atoms with van der Waals surface area (Å²) in [5, 5.41) is 18.4. The van der Waals surface area contributed by atoms with Crippen molar-refractivity contribution in [2.75, 3.05) is 5.32 Å². The number of fused-ring (bicyclic) bond motifs is 4. The monoisotopic (exact) mass is 510 g/mol. The van der Waals surface area contributed by atoms with Gasteiger partial charge in [0.25, 0.3) is 5.91 Å². The highest BCUT2D eigenvalue weighted by molar-refractivity contribution is 7.89. The first kappa shape index (κ1) is 23.5. The number of nitrogens with two attached hydrogens (primary N) is 1. The normalized spacial score (nSPS) is 20.3. The summed E-state index contributed by atoms with van der Waals surface area (Å²) in [5.74, 6) is -0.966. The van der Waals surface area contributed by atoms with Crippen LogP contribution in [0.2, 0.25) is 0 Å². The maximum Gasteiger partial charge on any atom is 0.417 e. The number of hydrogen-bond donors (Lipinski definition) is 3. The number of hydrogen-bond acceptors (Lipinski definition) is 7. The molecule has 1 aliphatic heterocycles. The quantitative estimate of drug-likeness (QED) is 0.459. The van der Waals surface area contributed by atoms with Crippen LogP contribution >= 0.6 is 0 Å². The van der Waals surface area contributed by atoms with Crippen LogP contribution in [0.5, 0.6) is 0 Å². The van der Waals surface area contributed by atoms with Gasteiger partial charge >= 0.3 is 6.18 Å². The molecular formula is C21H21F3N6O4S. The number of anilines is 2. The fraction of sp³-hybridized carbons (Fsp3) is 0.381. The molecule has 1 spiro atoms. The van der Waals surface area contributed by atoms with Gasteiger partial charge in [-0.3, -0.25) is 10.0 Å². The van der Waals surface area contributed by atoms with Gasteiger partial charge in [-0.2, -0.15) is 18.2 Å². The van der Waals surface area contributed by atoms with Crippen LogP contribution in [0.15, 0.2) is 41.4 Å². The highest BCUT2D eigenvalue weighted by atomic mass is 32.2. The molecule has 1 saturated carbocycles. The summed E-state index contributed by atoms with van der Waals surface area (Å²) in [5.41, 5.74) is -1.11. The standard InChI is InChI=1S/C21H21F3N6O4S/c22-21(23,24)16-15-10-12-11-26-19(27-13-4-6-14(7-5-13)35(25,33)34)28-17(12)29(15)20(18(31)30(16)32)8-2-1-3-9-20/h4-7,10-11,16,32H,1-3,8-9H2,(H2,25,33,34)(H,26,27,28). The average molecular weight is 510 g/mol. The SMILES string of the molecule is NS(=O)(=O)c1ccc(Nc2ncc3cc4n(c3n2)C2(CCCCC2)C(=O)N(O)C4C(F)(F)F)cc1. The van der Waals surface area contributed by atoms with Gasteiger partial charge in [0.2, 0.25) is 16.0 Å². The van der Waals surface area contributed by atoms with Crippen molar-refractivity contribution in [3.8, 4) is 0 Å². The van der Waals surface area contributed by atoms with Crippen molar-refractivity contribution in [3.05, 3.63) is 42.2 Å². The summed E-state index contributed by atoms with van der Waals surface area (Å²) in [6, 6.07) is 4.18. The summed E-state index contributed by atoms with van der Waals surface area (Å²) >= 11 is 0. The van der Waals surface area contributed by atoms with Crippen LogP contribution < -0.4 is 10.5 Å². The van der Waals surface area contributed by atoms with E-state index in [-0.39, 0.29) is 45.5 Å².